The topological polar surface area (TPSA) is 62.2 Å². The van der Waals surface area contributed by atoms with E-state index in [-0.39, 0.29) is 34.3 Å². The minimum Gasteiger partial charge on any atom is -1.00 e. The van der Waals surface area contributed by atoms with Gasteiger partial charge in [0, 0.05) is 36.0 Å². The van der Waals surface area contributed by atoms with E-state index in [2.05, 4.69) is 55.9 Å². The number of aromatic nitrogens is 1. The number of pyridine rings is 1. The number of aliphatic hydroxyl groups is 1. The Labute approximate surface area is 231 Å². The molecule has 5 atom stereocenters. The Morgan fingerprint density at radius 1 is 1.19 bits per heavy atom. The first-order chi connectivity index (χ1) is 17.2. The number of nitrogens with one attached hydrogen (secondary N) is 1. The quantitative estimate of drug-likeness (QED) is 0.358. The smallest absolute Gasteiger partial charge is 0.279 e. The molecular formula is C31H38BrN3O2. The second kappa shape index (κ2) is 10.7. The Hall–Kier alpha value is -2.54. The molecule has 0 spiro atoms. The first kappa shape index (κ1) is 27.5. The Bertz CT molecular complexity index is 1260. The van der Waals surface area contributed by atoms with Crippen molar-refractivity contribution >= 4 is 22.5 Å². The number of carbonyl (C=O) groups excluding carboxylic acids is 1. The fraction of sp³-hybridized carbons (Fsp3) is 0.419. The number of fused-ring (bicyclic) bond motifs is 4. The predicted molar refractivity (Wildman–Crippen MR) is 146 cm³/mol. The first-order valence-corrected chi connectivity index (χ1v) is 13.1. The fourth-order valence-corrected chi connectivity index (χ4v) is 6.50. The van der Waals surface area contributed by atoms with Gasteiger partial charge >= 0.3 is 0 Å². The van der Waals surface area contributed by atoms with Crippen LogP contribution in [0.1, 0.15) is 50.8 Å². The summed E-state index contributed by atoms with van der Waals surface area (Å²) in [5.74, 6) is 0.872. The average molecular weight is 565 g/mol. The van der Waals surface area contributed by atoms with Crippen LogP contribution in [0.3, 0.4) is 0 Å². The molecule has 4 heterocycles. The van der Waals surface area contributed by atoms with E-state index in [0.29, 0.717) is 22.9 Å². The highest BCUT2D eigenvalue weighted by Crippen LogP contribution is 2.47. The summed E-state index contributed by atoms with van der Waals surface area (Å²) < 4.78 is 0.594. The van der Waals surface area contributed by atoms with E-state index in [1.54, 1.807) is 6.20 Å². The highest BCUT2D eigenvalue weighted by Gasteiger charge is 2.54. The Balaban J connectivity index is 0.00000320. The van der Waals surface area contributed by atoms with Crippen LogP contribution in [-0.2, 0) is 10.2 Å². The van der Waals surface area contributed by atoms with E-state index >= 15 is 0 Å². The van der Waals surface area contributed by atoms with Crippen LogP contribution in [0.4, 0.5) is 5.69 Å². The number of carbonyl (C=O) groups is 1. The molecule has 3 fully saturated rings. The van der Waals surface area contributed by atoms with Gasteiger partial charge in [0.1, 0.15) is 12.1 Å². The Kier molecular flexibility index (Phi) is 7.93. The van der Waals surface area contributed by atoms with Gasteiger partial charge in [0.15, 0.2) is 6.54 Å². The van der Waals surface area contributed by atoms with Crippen molar-refractivity contribution in [2.24, 2.45) is 11.8 Å². The van der Waals surface area contributed by atoms with Gasteiger partial charge in [-0.3, -0.25) is 9.78 Å². The molecule has 5 nitrogen and oxygen atoms in total. The van der Waals surface area contributed by atoms with Gasteiger partial charge in [0.05, 0.1) is 18.6 Å². The van der Waals surface area contributed by atoms with Gasteiger partial charge in [-0.15, -0.1) is 6.58 Å². The van der Waals surface area contributed by atoms with E-state index in [4.69, 9.17) is 0 Å². The molecule has 0 saturated carbocycles. The van der Waals surface area contributed by atoms with Crippen molar-refractivity contribution in [3.05, 3.63) is 84.6 Å². The van der Waals surface area contributed by atoms with E-state index in [0.717, 1.165) is 48.1 Å². The zero-order valence-electron chi connectivity index (χ0n) is 22.0. The van der Waals surface area contributed by atoms with E-state index in [1.807, 2.05) is 42.5 Å². The highest BCUT2D eigenvalue weighted by molar-refractivity contribution is 5.91. The molecule has 2 aromatic carbocycles. The molecule has 2 N–H and O–H groups in total. The molecule has 1 amide bonds. The number of piperidine rings is 3. The lowest BCUT2D eigenvalue weighted by molar-refractivity contribution is -0.966. The summed E-state index contributed by atoms with van der Waals surface area (Å²) in [6, 6.07) is 18.0. The molecule has 3 saturated heterocycles. The Morgan fingerprint density at radius 2 is 1.92 bits per heavy atom. The molecule has 3 aliphatic rings. The number of para-hydroxylation sites is 1. The van der Waals surface area contributed by atoms with Crippen LogP contribution in [-0.4, -0.2) is 46.2 Å². The first-order valence-electron chi connectivity index (χ1n) is 13.1. The number of halogens is 1. The number of amides is 1. The van der Waals surface area contributed by atoms with E-state index < -0.39 is 6.10 Å². The highest BCUT2D eigenvalue weighted by atomic mass is 79.9. The number of hydrogen-bond donors (Lipinski definition) is 2. The van der Waals surface area contributed by atoms with Crippen LogP contribution in [0.25, 0.3) is 10.9 Å². The van der Waals surface area contributed by atoms with Crippen LogP contribution in [0, 0.1) is 11.8 Å². The number of hydrogen-bond acceptors (Lipinski definition) is 3. The number of benzene rings is 2. The molecule has 3 aliphatic heterocycles. The summed E-state index contributed by atoms with van der Waals surface area (Å²) in [6.07, 6.45) is 5.13. The number of rotatable bonds is 6. The van der Waals surface area contributed by atoms with Crippen molar-refractivity contribution in [1.29, 1.82) is 0 Å². The standard InChI is InChI=1S/C31H37N3O2.BrH/c1-5-21-19-34(20-29(35)33-24-12-10-23(11-13-24)31(2,3)4)17-15-22(21)18-28(34)30(36)26-14-16-32-27-9-7-6-8-25(26)27;/h5-14,16,21-22,28,30,36H,1,15,17-20H2,2-4H3;1H/t21?,22?,28?,30?,34-;/m0./s1. The number of anilines is 1. The summed E-state index contributed by atoms with van der Waals surface area (Å²) in [7, 11) is 0. The van der Waals surface area contributed by atoms with Crippen molar-refractivity contribution in [3.8, 4) is 0 Å². The molecule has 0 aliphatic carbocycles. The van der Waals surface area contributed by atoms with Gasteiger partial charge in [-0.05, 0) is 46.7 Å². The molecule has 3 aromatic rings. The number of aliphatic hydroxyl groups excluding tert-OH is 1. The predicted octanol–water partition coefficient (Wildman–Crippen LogP) is 2.62. The van der Waals surface area contributed by atoms with Gasteiger partial charge in [0.25, 0.3) is 5.91 Å². The molecule has 6 heteroatoms. The van der Waals surface area contributed by atoms with Gasteiger partial charge in [-0.1, -0.05) is 57.2 Å². The van der Waals surface area contributed by atoms with Gasteiger partial charge < -0.3 is 31.9 Å². The monoisotopic (exact) mass is 563 g/mol. The van der Waals surface area contributed by atoms with Gasteiger partial charge in [0.2, 0.25) is 0 Å². The lowest BCUT2D eigenvalue weighted by atomic mass is 9.71. The van der Waals surface area contributed by atoms with Crippen molar-refractivity contribution in [3.63, 3.8) is 0 Å². The summed E-state index contributed by atoms with van der Waals surface area (Å²) in [6.45, 7) is 12.7. The van der Waals surface area contributed by atoms with E-state index in [9.17, 15) is 9.90 Å². The van der Waals surface area contributed by atoms with Crippen LogP contribution in [0.15, 0.2) is 73.4 Å². The zero-order chi connectivity index (χ0) is 25.5. The largest absolute Gasteiger partial charge is 1.00 e. The van der Waals surface area contributed by atoms with Crippen LogP contribution >= 0.6 is 0 Å². The van der Waals surface area contributed by atoms with Crippen LogP contribution < -0.4 is 22.3 Å². The molecular weight excluding hydrogens is 526 g/mol. The summed E-state index contributed by atoms with van der Waals surface area (Å²) in [5.41, 5.74) is 3.91. The number of nitrogens with zero attached hydrogens (tertiary/aromatic N) is 2. The van der Waals surface area contributed by atoms with Gasteiger partial charge in [-0.25, -0.2) is 0 Å². The molecule has 0 radical (unpaired) electrons. The van der Waals surface area contributed by atoms with Crippen molar-refractivity contribution in [2.45, 2.75) is 51.2 Å². The summed E-state index contributed by atoms with van der Waals surface area (Å²) in [5, 5.41) is 15.9. The van der Waals surface area contributed by atoms with Crippen molar-refractivity contribution in [2.75, 3.05) is 25.0 Å². The minimum absolute atomic E-state index is 0. The molecule has 37 heavy (non-hydrogen) atoms. The van der Waals surface area contributed by atoms with E-state index in [1.165, 1.54) is 5.56 Å². The second-order valence-corrected chi connectivity index (χ2v) is 11.8. The second-order valence-electron chi connectivity index (χ2n) is 11.8. The van der Waals surface area contributed by atoms with Gasteiger partial charge in [-0.2, -0.15) is 0 Å². The fourth-order valence-electron chi connectivity index (χ4n) is 6.50. The maximum absolute atomic E-state index is 13.4. The molecule has 6 rings (SSSR count). The lowest BCUT2D eigenvalue weighted by Crippen LogP contribution is -3.00. The summed E-state index contributed by atoms with van der Waals surface area (Å²) in [4.78, 5) is 17.9. The normalized spacial score (nSPS) is 25.8. The maximum atomic E-state index is 13.4. The number of quaternary nitrogens is 1. The molecule has 1 aromatic heterocycles. The maximum Gasteiger partial charge on any atom is 0.279 e. The van der Waals surface area contributed by atoms with Crippen LogP contribution in [0.2, 0.25) is 0 Å². The molecule has 4 unspecified atom stereocenters. The van der Waals surface area contributed by atoms with Crippen molar-refractivity contribution in [1.82, 2.24) is 4.98 Å². The zero-order valence-corrected chi connectivity index (χ0v) is 23.6. The minimum atomic E-state index is -0.662. The molecule has 2 bridgehead atoms. The third-order valence-corrected chi connectivity index (χ3v) is 8.53. The third kappa shape index (κ3) is 5.38. The third-order valence-electron chi connectivity index (χ3n) is 8.53. The lowest BCUT2D eigenvalue weighted by Gasteiger charge is -2.57. The molecule has 196 valence electrons. The van der Waals surface area contributed by atoms with Crippen LogP contribution in [0.5, 0.6) is 0 Å². The average Bonchev–Trinajstić information content (AvgIpc) is 2.87. The SMILES string of the molecule is C=CC1C[N@+]2(CC(=O)Nc3ccc(C(C)(C)C)cc3)CCC1CC2C(O)c1ccnc2ccccc12.[Br-]. The Morgan fingerprint density at radius 3 is 2.62 bits per heavy atom. The summed E-state index contributed by atoms with van der Waals surface area (Å²) >= 11 is 0. The van der Waals surface area contributed by atoms with Crippen molar-refractivity contribution < 1.29 is 31.4 Å².